The van der Waals surface area contributed by atoms with E-state index < -0.39 is 0 Å². The number of aryl methyl sites for hydroxylation is 2. The van der Waals surface area contributed by atoms with Crippen LogP contribution in [0.3, 0.4) is 0 Å². The Balaban J connectivity index is 1.51. The lowest BCUT2D eigenvalue weighted by molar-refractivity contribution is -0.146. The van der Waals surface area contributed by atoms with Gasteiger partial charge in [0.2, 0.25) is 5.91 Å². The third-order valence-electron chi connectivity index (χ3n) is 4.83. The highest BCUT2D eigenvalue weighted by Crippen LogP contribution is 2.33. The molecule has 1 aliphatic heterocycles. The predicted molar refractivity (Wildman–Crippen MR) is 105 cm³/mol. The van der Waals surface area contributed by atoms with E-state index in [0.29, 0.717) is 24.9 Å². The molecule has 146 valence electrons. The van der Waals surface area contributed by atoms with Crippen molar-refractivity contribution in [3.63, 3.8) is 0 Å². The number of piperidine rings is 1. The summed E-state index contributed by atoms with van der Waals surface area (Å²) in [5, 5.41) is 0.703. The van der Waals surface area contributed by atoms with Crippen LogP contribution in [0.4, 0.5) is 0 Å². The second-order valence-electron chi connectivity index (χ2n) is 6.86. The Hall–Kier alpha value is -2.15. The zero-order valence-electron chi connectivity index (χ0n) is 16.1. The van der Waals surface area contributed by atoms with Crippen molar-refractivity contribution < 1.29 is 19.1 Å². The van der Waals surface area contributed by atoms with Crippen molar-refractivity contribution in [1.29, 1.82) is 0 Å². The van der Waals surface area contributed by atoms with Crippen LogP contribution in [0.2, 0.25) is 0 Å². The highest BCUT2D eigenvalue weighted by molar-refractivity contribution is 7.20. The summed E-state index contributed by atoms with van der Waals surface area (Å²) in [7, 11) is 0. The van der Waals surface area contributed by atoms with Gasteiger partial charge in [-0.2, -0.15) is 0 Å². The summed E-state index contributed by atoms with van der Waals surface area (Å²) < 4.78 is 12.2. The summed E-state index contributed by atoms with van der Waals surface area (Å²) >= 11 is 1.59. The minimum absolute atomic E-state index is 0.00717. The van der Waals surface area contributed by atoms with Crippen LogP contribution < -0.4 is 4.74 Å². The van der Waals surface area contributed by atoms with Crippen molar-refractivity contribution in [2.24, 2.45) is 0 Å². The SMILES string of the molecule is CCOC(=O)CCC(=O)N1CCC(Oc2nc3c(C)ccc(C)c3s2)CC1. The van der Waals surface area contributed by atoms with Crippen molar-refractivity contribution in [2.75, 3.05) is 19.7 Å². The van der Waals surface area contributed by atoms with Crippen LogP contribution in [0, 0.1) is 13.8 Å². The van der Waals surface area contributed by atoms with Crippen LogP contribution in [-0.4, -0.2) is 47.6 Å². The molecule has 1 fully saturated rings. The molecule has 1 amide bonds. The van der Waals surface area contributed by atoms with Gasteiger partial charge in [0.15, 0.2) is 0 Å². The molecule has 0 aliphatic carbocycles. The number of rotatable bonds is 6. The van der Waals surface area contributed by atoms with Crippen LogP contribution in [0.5, 0.6) is 5.19 Å². The van der Waals surface area contributed by atoms with Crippen LogP contribution in [0.25, 0.3) is 10.2 Å². The molecular formula is C20H26N2O4S. The highest BCUT2D eigenvalue weighted by Gasteiger charge is 2.25. The first kappa shape index (κ1) is 19.6. The number of likely N-dealkylation sites (tertiary alicyclic amines) is 1. The van der Waals surface area contributed by atoms with E-state index >= 15 is 0 Å². The van der Waals surface area contributed by atoms with Crippen molar-refractivity contribution in [3.8, 4) is 5.19 Å². The van der Waals surface area contributed by atoms with Crippen molar-refractivity contribution in [3.05, 3.63) is 23.3 Å². The molecule has 1 aromatic carbocycles. The fourth-order valence-corrected chi connectivity index (χ4v) is 4.28. The fraction of sp³-hybridized carbons (Fsp3) is 0.550. The molecule has 7 heteroatoms. The van der Waals surface area contributed by atoms with E-state index in [9.17, 15) is 9.59 Å². The molecule has 6 nitrogen and oxygen atoms in total. The lowest BCUT2D eigenvalue weighted by Crippen LogP contribution is -2.41. The number of carbonyl (C=O) groups is 2. The van der Waals surface area contributed by atoms with Crippen LogP contribution >= 0.6 is 11.3 Å². The molecule has 1 saturated heterocycles. The topological polar surface area (TPSA) is 68.7 Å². The lowest BCUT2D eigenvalue weighted by Gasteiger charge is -2.31. The molecule has 2 heterocycles. The smallest absolute Gasteiger partial charge is 0.306 e. The van der Waals surface area contributed by atoms with Gasteiger partial charge in [0.05, 0.1) is 23.2 Å². The quantitative estimate of drug-likeness (QED) is 0.705. The van der Waals surface area contributed by atoms with Gasteiger partial charge in [0.25, 0.3) is 5.19 Å². The number of benzene rings is 1. The minimum Gasteiger partial charge on any atom is -0.467 e. The number of hydrogen-bond acceptors (Lipinski definition) is 6. The Morgan fingerprint density at radius 3 is 2.56 bits per heavy atom. The Labute approximate surface area is 163 Å². The maximum absolute atomic E-state index is 12.2. The first-order valence-electron chi connectivity index (χ1n) is 9.44. The number of thiazole rings is 1. The van der Waals surface area contributed by atoms with Crippen LogP contribution in [0.15, 0.2) is 12.1 Å². The van der Waals surface area contributed by atoms with Crippen molar-refractivity contribution in [2.45, 2.75) is 52.6 Å². The summed E-state index contributed by atoms with van der Waals surface area (Å²) in [5.74, 6) is -0.307. The second-order valence-corrected chi connectivity index (χ2v) is 7.82. The van der Waals surface area contributed by atoms with Gasteiger partial charge in [-0.15, -0.1) is 0 Å². The number of ether oxygens (including phenoxy) is 2. The molecule has 3 rings (SSSR count). The molecule has 27 heavy (non-hydrogen) atoms. The fourth-order valence-electron chi connectivity index (χ4n) is 3.26. The normalized spacial score (nSPS) is 15.1. The summed E-state index contributed by atoms with van der Waals surface area (Å²) in [6.45, 7) is 7.56. The van der Waals surface area contributed by atoms with Gasteiger partial charge in [0, 0.05) is 32.4 Å². The maximum Gasteiger partial charge on any atom is 0.306 e. The van der Waals surface area contributed by atoms with Gasteiger partial charge in [-0.25, -0.2) is 4.98 Å². The molecule has 1 aromatic heterocycles. The van der Waals surface area contributed by atoms with Gasteiger partial charge < -0.3 is 14.4 Å². The molecule has 0 unspecified atom stereocenters. The molecule has 0 spiro atoms. The van der Waals surface area contributed by atoms with Gasteiger partial charge in [-0.05, 0) is 31.9 Å². The van der Waals surface area contributed by atoms with E-state index in [4.69, 9.17) is 9.47 Å². The number of fused-ring (bicyclic) bond motifs is 1. The van der Waals surface area contributed by atoms with Crippen molar-refractivity contribution in [1.82, 2.24) is 9.88 Å². The number of amides is 1. The van der Waals surface area contributed by atoms with Crippen molar-refractivity contribution >= 4 is 33.4 Å². The second kappa shape index (κ2) is 8.69. The van der Waals surface area contributed by atoms with E-state index in [0.717, 1.165) is 23.9 Å². The lowest BCUT2D eigenvalue weighted by atomic mass is 10.1. The molecule has 0 atom stereocenters. The Morgan fingerprint density at radius 1 is 1.19 bits per heavy atom. The van der Waals surface area contributed by atoms with E-state index in [1.165, 1.54) is 10.3 Å². The molecule has 0 N–H and O–H groups in total. The third kappa shape index (κ3) is 4.77. The number of aromatic nitrogens is 1. The third-order valence-corrected chi connectivity index (χ3v) is 5.91. The van der Waals surface area contributed by atoms with E-state index in [-0.39, 0.29) is 30.8 Å². The molecule has 0 radical (unpaired) electrons. The van der Waals surface area contributed by atoms with Crippen LogP contribution in [0.1, 0.15) is 43.7 Å². The van der Waals surface area contributed by atoms with Gasteiger partial charge in [-0.3, -0.25) is 9.59 Å². The van der Waals surface area contributed by atoms with Gasteiger partial charge in [-0.1, -0.05) is 23.5 Å². The van der Waals surface area contributed by atoms with Crippen LogP contribution in [-0.2, 0) is 14.3 Å². The minimum atomic E-state index is -0.314. The average molecular weight is 391 g/mol. The van der Waals surface area contributed by atoms with E-state index in [2.05, 4.69) is 31.0 Å². The summed E-state index contributed by atoms with van der Waals surface area (Å²) in [4.78, 5) is 30.1. The first-order valence-corrected chi connectivity index (χ1v) is 10.3. The molecule has 0 bridgehead atoms. The number of nitrogens with zero attached hydrogens (tertiary/aromatic N) is 2. The van der Waals surface area contributed by atoms with Gasteiger partial charge >= 0.3 is 5.97 Å². The predicted octanol–water partition coefficient (Wildman–Crippen LogP) is 3.63. The molecular weight excluding hydrogens is 364 g/mol. The molecule has 1 aliphatic rings. The Morgan fingerprint density at radius 2 is 1.89 bits per heavy atom. The summed E-state index contributed by atoms with van der Waals surface area (Å²) in [6.07, 6.45) is 1.98. The number of esters is 1. The molecule has 2 aromatic rings. The monoisotopic (exact) mass is 390 g/mol. The van der Waals surface area contributed by atoms with Gasteiger partial charge in [0.1, 0.15) is 6.10 Å². The Kier molecular flexibility index (Phi) is 6.31. The zero-order valence-corrected chi connectivity index (χ0v) is 16.9. The van der Waals surface area contributed by atoms with E-state index in [1.54, 1.807) is 18.3 Å². The summed E-state index contributed by atoms with van der Waals surface area (Å²) in [5.41, 5.74) is 3.38. The number of hydrogen-bond donors (Lipinski definition) is 0. The molecule has 0 saturated carbocycles. The Bertz CT molecular complexity index is 786. The number of carbonyl (C=O) groups excluding carboxylic acids is 2. The zero-order chi connectivity index (χ0) is 19.4. The maximum atomic E-state index is 12.2. The van der Waals surface area contributed by atoms with E-state index in [1.807, 2.05) is 4.90 Å². The highest BCUT2D eigenvalue weighted by atomic mass is 32.1. The largest absolute Gasteiger partial charge is 0.467 e. The average Bonchev–Trinajstić information content (AvgIpc) is 3.09. The summed E-state index contributed by atoms with van der Waals surface area (Å²) in [6, 6.07) is 4.20. The first-order chi connectivity index (χ1) is 13.0. The standard InChI is InChI=1S/C20H26N2O4S/c1-4-25-17(24)8-7-16(23)22-11-9-15(10-12-22)26-20-21-18-13(2)5-6-14(3)19(18)27-20/h5-6,15H,4,7-12H2,1-3H3.